The van der Waals surface area contributed by atoms with Crippen LogP contribution in [0.1, 0.15) is 16.3 Å². The minimum Gasteiger partial charge on any atom is -0.486 e. The second kappa shape index (κ2) is 5.25. The van der Waals surface area contributed by atoms with Crippen LogP contribution in [0.15, 0.2) is 23.6 Å². The molecule has 1 N–H and O–H groups in total. The molecule has 0 aliphatic rings. The summed E-state index contributed by atoms with van der Waals surface area (Å²) in [5, 5.41) is 11.9. The number of benzene rings is 1. The molecule has 3 nitrogen and oxygen atoms in total. The third-order valence-corrected chi connectivity index (χ3v) is 3.15. The predicted octanol–water partition coefficient (Wildman–Crippen LogP) is 2.66. The summed E-state index contributed by atoms with van der Waals surface area (Å²) >= 11 is 1.51. The summed E-state index contributed by atoms with van der Waals surface area (Å²) < 4.78 is 18.4. The molecule has 0 atom stereocenters. The van der Waals surface area contributed by atoms with Crippen molar-refractivity contribution in [2.45, 2.75) is 20.1 Å². The standard InChI is InChI=1S/C12H12FNO2S/c1-8-7-17-12(14-8)6-16-11-3-2-10(13)4-9(11)5-15/h2-4,7,15H,5-6H2,1H3. The van der Waals surface area contributed by atoms with E-state index in [9.17, 15) is 4.39 Å². The van der Waals surface area contributed by atoms with Gasteiger partial charge in [-0.25, -0.2) is 9.37 Å². The van der Waals surface area contributed by atoms with Crippen molar-refractivity contribution in [3.63, 3.8) is 0 Å². The Morgan fingerprint density at radius 3 is 2.94 bits per heavy atom. The van der Waals surface area contributed by atoms with Gasteiger partial charge in [-0.05, 0) is 25.1 Å². The molecule has 0 fully saturated rings. The monoisotopic (exact) mass is 253 g/mol. The average molecular weight is 253 g/mol. The van der Waals surface area contributed by atoms with E-state index < -0.39 is 0 Å². The normalized spacial score (nSPS) is 10.5. The molecule has 0 spiro atoms. The van der Waals surface area contributed by atoms with Gasteiger partial charge in [0.2, 0.25) is 0 Å². The quantitative estimate of drug-likeness (QED) is 0.910. The molecule has 5 heteroatoms. The van der Waals surface area contributed by atoms with Gasteiger partial charge in [0.25, 0.3) is 0 Å². The fourth-order valence-corrected chi connectivity index (χ4v) is 2.10. The number of halogens is 1. The highest BCUT2D eigenvalue weighted by Gasteiger charge is 2.06. The third-order valence-electron chi connectivity index (χ3n) is 2.21. The second-order valence-corrected chi connectivity index (χ2v) is 4.52. The molecule has 0 bridgehead atoms. The molecule has 1 heterocycles. The molecule has 2 aromatic rings. The maximum atomic E-state index is 12.9. The largest absolute Gasteiger partial charge is 0.486 e. The van der Waals surface area contributed by atoms with Crippen LogP contribution in [0.3, 0.4) is 0 Å². The fourth-order valence-electron chi connectivity index (χ4n) is 1.42. The Kier molecular flexibility index (Phi) is 3.71. The number of hydrogen-bond acceptors (Lipinski definition) is 4. The van der Waals surface area contributed by atoms with E-state index in [-0.39, 0.29) is 12.4 Å². The highest BCUT2D eigenvalue weighted by Crippen LogP contribution is 2.21. The highest BCUT2D eigenvalue weighted by molar-refractivity contribution is 7.09. The van der Waals surface area contributed by atoms with Crippen LogP contribution in [0.5, 0.6) is 5.75 Å². The van der Waals surface area contributed by atoms with Gasteiger partial charge in [-0.15, -0.1) is 11.3 Å². The molecule has 90 valence electrons. The molecular weight excluding hydrogens is 241 g/mol. The molecular formula is C12H12FNO2S. The average Bonchev–Trinajstić information content (AvgIpc) is 2.73. The van der Waals surface area contributed by atoms with Crippen molar-refractivity contribution in [2.75, 3.05) is 0 Å². The van der Waals surface area contributed by atoms with Crippen molar-refractivity contribution in [3.05, 3.63) is 45.7 Å². The first-order chi connectivity index (χ1) is 8.19. The fraction of sp³-hybridized carbons (Fsp3) is 0.250. The highest BCUT2D eigenvalue weighted by atomic mass is 32.1. The van der Waals surface area contributed by atoms with Crippen molar-refractivity contribution in [1.82, 2.24) is 4.98 Å². The summed E-state index contributed by atoms with van der Waals surface area (Å²) in [6, 6.07) is 4.09. The van der Waals surface area contributed by atoms with Crippen LogP contribution in [0.4, 0.5) is 4.39 Å². The first-order valence-corrected chi connectivity index (χ1v) is 6.00. The minimum absolute atomic E-state index is 0.246. The van der Waals surface area contributed by atoms with Crippen LogP contribution in [0.25, 0.3) is 0 Å². The summed E-state index contributed by atoms with van der Waals surface area (Å²) in [6.45, 7) is 2.00. The topological polar surface area (TPSA) is 42.4 Å². The number of aliphatic hydroxyl groups is 1. The maximum absolute atomic E-state index is 12.9. The van der Waals surface area contributed by atoms with Crippen LogP contribution in [-0.2, 0) is 13.2 Å². The van der Waals surface area contributed by atoms with Crippen molar-refractivity contribution in [2.24, 2.45) is 0 Å². The molecule has 17 heavy (non-hydrogen) atoms. The number of aromatic nitrogens is 1. The summed E-state index contributed by atoms with van der Waals surface area (Å²) in [4.78, 5) is 4.26. The van der Waals surface area contributed by atoms with E-state index in [2.05, 4.69) is 4.98 Å². The molecule has 0 saturated carbocycles. The molecule has 0 amide bonds. The summed E-state index contributed by atoms with van der Waals surface area (Å²) in [5.41, 5.74) is 1.40. The van der Waals surface area contributed by atoms with E-state index in [1.807, 2.05) is 12.3 Å². The Hall–Kier alpha value is -1.46. The van der Waals surface area contributed by atoms with Crippen molar-refractivity contribution < 1.29 is 14.2 Å². The van der Waals surface area contributed by atoms with E-state index in [1.54, 1.807) is 0 Å². The molecule has 0 unspecified atom stereocenters. The zero-order chi connectivity index (χ0) is 12.3. The number of aliphatic hydroxyl groups excluding tert-OH is 1. The van der Waals surface area contributed by atoms with E-state index in [4.69, 9.17) is 9.84 Å². The molecule has 2 rings (SSSR count). The molecule has 1 aromatic carbocycles. The second-order valence-electron chi connectivity index (χ2n) is 3.58. The van der Waals surface area contributed by atoms with E-state index in [0.29, 0.717) is 17.9 Å². The molecule has 0 aliphatic heterocycles. The van der Waals surface area contributed by atoms with Gasteiger partial charge in [0.05, 0.1) is 6.61 Å². The van der Waals surface area contributed by atoms with Crippen LogP contribution in [0, 0.1) is 12.7 Å². The van der Waals surface area contributed by atoms with E-state index in [0.717, 1.165) is 10.7 Å². The molecule has 0 saturated heterocycles. The van der Waals surface area contributed by atoms with Crippen molar-refractivity contribution in [3.8, 4) is 5.75 Å². The van der Waals surface area contributed by atoms with E-state index >= 15 is 0 Å². The minimum atomic E-state index is -0.383. The van der Waals surface area contributed by atoms with Crippen LogP contribution < -0.4 is 4.74 Å². The van der Waals surface area contributed by atoms with Gasteiger partial charge in [-0.2, -0.15) is 0 Å². The number of aryl methyl sites for hydroxylation is 1. The number of hydrogen-bond donors (Lipinski definition) is 1. The Morgan fingerprint density at radius 2 is 2.29 bits per heavy atom. The predicted molar refractivity (Wildman–Crippen MR) is 63.5 cm³/mol. The number of thiazole rings is 1. The lowest BCUT2D eigenvalue weighted by Crippen LogP contribution is -1.99. The van der Waals surface area contributed by atoms with E-state index in [1.165, 1.54) is 29.5 Å². The Bertz CT molecular complexity index is 513. The van der Waals surface area contributed by atoms with Gasteiger partial charge in [0.15, 0.2) is 0 Å². The number of nitrogens with zero attached hydrogens (tertiary/aromatic N) is 1. The van der Waals surface area contributed by atoms with Gasteiger partial charge in [0.1, 0.15) is 23.2 Å². The third kappa shape index (κ3) is 3.01. The lowest BCUT2D eigenvalue weighted by Gasteiger charge is -2.08. The van der Waals surface area contributed by atoms with Crippen molar-refractivity contribution in [1.29, 1.82) is 0 Å². The molecule has 0 radical (unpaired) electrons. The molecule has 1 aromatic heterocycles. The van der Waals surface area contributed by atoms with Crippen LogP contribution in [0.2, 0.25) is 0 Å². The van der Waals surface area contributed by atoms with Gasteiger partial charge in [0, 0.05) is 16.6 Å². The Balaban J connectivity index is 2.08. The van der Waals surface area contributed by atoms with Crippen molar-refractivity contribution >= 4 is 11.3 Å². The van der Waals surface area contributed by atoms with Gasteiger partial charge < -0.3 is 9.84 Å². The SMILES string of the molecule is Cc1csc(COc2ccc(F)cc2CO)n1. The zero-order valence-electron chi connectivity index (χ0n) is 9.31. The summed E-state index contributed by atoms with van der Waals surface area (Å²) in [6.07, 6.45) is 0. The smallest absolute Gasteiger partial charge is 0.140 e. The first kappa shape index (κ1) is 12.0. The first-order valence-electron chi connectivity index (χ1n) is 5.12. The number of ether oxygens (including phenoxy) is 1. The molecule has 0 aliphatic carbocycles. The van der Waals surface area contributed by atoms with Gasteiger partial charge in [-0.3, -0.25) is 0 Å². The lowest BCUT2D eigenvalue weighted by molar-refractivity contribution is 0.258. The summed E-state index contributed by atoms with van der Waals surface area (Å²) in [5.74, 6) is 0.105. The maximum Gasteiger partial charge on any atom is 0.140 e. The Labute approximate surface area is 103 Å². The van der Waals surface area contributed by atoms with Gasteiger partial charge >= 0.3 is 0 Å². The van der Waals surface area contributed by atoms with Gasteiger partial charge in [-0.1, -0.05) is 0 Å². The van der Waals surface area contributed by atoms with Crippen LogP contribution >= 0.6 is 11.3 Å². The summed E-state index contributed by atoms with van der Waals surface area (Å²) in [7, 11) is 0. The Morgan fingerprint density at radius 1 is 1.47 bits per heavy atom. The zero-order valence-corrected chi connectivity index (χ0v) is 10.1. The lowest BCUT2D eigenvalue weighted by atomic mass is 10.2. The van der Waals surface area contributed by atoms with Crippen LogP contribution in [-0.4, -0.2) is 10.1 Å². The number of rotatable bonds is 4.